The average molecular weight is 223 g/mol. The summed E-state index contributed by atoms with van der Waals surface area (Å²) in [4.78, 5) is 13.2. The predicted molar refractivity (Wildman–Crippen MR) is 33.8 cm³/mol. The summed E-state index contributed by atoms with van der Waals surface area (Å²) in [6, 6.07) is 0. The van der Waals surface area contributed by atoms with E-state index >= 15 is 0 Å². The molecule has 1 rings (SSSR count). The number of hydrogen-bond donors (Lipinski definition) is 1. The number of amides is 1. The molecule has 0 aliphatic heterocycles. The van der Waals surface area contributed by atoms with Crippen LogP contribution in [-0.4, -0.2) is 5.91 Å². The van der Waals surface area contributed by atoms with Crippen LogP contribution < -0.4 is 27.7 Å². The van der Waals surface area contributed by atoms with Gasteiger partial charge in [-0.1, -0.05) is 11.3 Å². The topological polar surface area (TPSA) is 57.2 Å². The van der Waals surface area contributed by atoms with Gasteiger partial charge in [-0.05, 0) is 0 Å². The fourth-order valence-corrected chi connectivity index (χ4v) is 1.19. The zero-order valence-electron chi connectivity index (χ0n) is 5.13. The lowest BCUT2D eigenvalue weighted by Gasteiger charge is -1.80. The van der Waals surface area contributed by atoms with Crippen LogP contribution in [0.25, 0.3) is 0 Å². The molecule has 0 aliphatic rings. The van der Waals surface area contributed by atoms with Crippen LogP contribution in [0.2, 0.25) is 0 Å². The molecular formula is C5H7BrN2OS. The van der Waals surface area contributed by atoms with Gasteiger partial charge in [0.1, 0.15) is 6.42 Å². The Kier molecular flexibility index (Phi) is 4.22. The molecule has 0 aliphatic carbocycles. The molecule has 1 aromatic rings. The number of nitrogens with two attached hydrogens (primary N) is 1. The normalized spacial score (nSPS) is 8.40. The molecule has 0 spiro atoms. The monoisotopic (exact) mass is 222 g/mol. The largest absolute Gasteiger partial charge is 1.00 e. The minimum Gasteiger partial charge on any atom is -1.00 e. The molecule has 3 nitrogen and oxygen atoms in total. The van der Waals surface area contributed by atoms with E-state index in [9.17, 15) is 4.79 Å². The Labute approximate surface area is 73.0 Å². The van der Waals surface area contributed by atoms with E-state index in [2.05, 4.69) is 4.98 Å². The number of halogens is 1. The summed E-state index contributed by atoms with van der Waals surface area (Å²) in [6.07, 6.45) is 2.10. The summed E-state index contributed by atoms with van der Waals surface area (Å²) in [5.41, 5.74) is 4.93. The van der Waals surface area contributed by atoms with Crippen molar-refractivity contribution in [3.8, 4) is 0 Å². The fourth-order valence-electron chi connectivity index (χ4n) is 0.528. The predicted octanol–water partition coefficient (Wildman–Crippen LogP) is -3.41. The van der Waals surface area contributed by atoms with E-state index in [1.807, 2.05) is 5.38 Å². The Morgan fingerprint density at radius 3 is 2.90 bits per heavy atom. The third kappa shape index (κ3) is 2.93. The van der Waals surface area contributed by atoms with Gasteiger partial charge in [0.25, 0.3) is 0 Å². The second-order valence-electron chi connectivity index (χ2n) is 1.63. The number of hydrogen-bond acceptors (Lipinski definition) is 2. The maximum atomic E-state index is 10.3. The van der Waals surface area contributed by atoms with E-state index in [0.29, 0.717) is 6.42 Å². The van der Waals surface area contributed by atoms with Crippen LogP contribution in [0.3, 0.4) is 0 Å². The Balaban J connectivity index is 0.000000810. The van der Waals surface area contributed by atoms with Crippen molar-refractivity contribution < 1.29 is 26.8 Å². The van der Waals surface area contributed by atoms with Crippen molar-refractivity contribution in [3.05, 3.63) is 16.6 Å². The smallest absolute Gasteiger partial charge is 0.245 e. The molecule has 56 valence electrons. The fraction of sp³-hybridized carbons (Fsp3) is 0.200. The average Bonchev–Trinajstić information content (AvgIpc) is 2.15. The van der Waals surface area contributed by atoms with Crippen molar-refractivity contribution in [2.75, 3.05) is 0 Å². The van der Waals surface area contributed by atoms with E-state index in [-0.39, 0.29) is 22.9 Å². The zero-order chi connectivity index (χ0) is 6.69. The molecule has 0 fully saturated rings. The number of aromatic amines is 1. The molecule has 1 heterocycles. The van der Waals surface area contributed by atoms with Crippen molar-refractivity contribution in [2.45, 2.75) is 6.42 Å². The summed E-state index contributed by atoms with van der Waals surface area (Å²) < 4.78 is 0. The number of aromatic nitrogens is 1. The van der Waals surface area contributed by atoms with Crippen molar-refractivity contribution in [3.63, 3.8) is 0 Å². The maximum absolute atomic E-state index is 10.3. The first-order valence-corrected chi connectivity index (χ1v) is 3.39. The minimum absolute atomic E-state index is 0. The summed E-state index contributed by atoms with van der Waals surface area (Å²) in [5.74, 6) is -0.297. The van der Waals surface area contributed by atoms with Crippen molar-refractivity contribution in [1.82, 2.24) is 0 Å². The molecule has 1 aromatic heterocycles. The Hall–Kier alpha value is -0.420. The lowest BCUT2D eigenvalue weighted by Crippen LogP contribution is -3.00. The summed E-state index contributed by atoms with van der Waals surface area (Å²) >= 11 is 1.49. The number of H-pyrrole nitrogens is 1. The number of rotatable bonds is 2. The third-order valence-electron chi connectivity index (χ3n) is 0.857. The quantitative estimate of drug-likeness (QED) is 0.558. The number of primary amides is 1. The Morgan fingerprint density at radius 2 is 2.50 bits per heavy atom. The molecule has 0 aromatic carbocycles. The van der Waals surface area contributed by atoms with E-state index in [4.69, 9.17) is 5.73 Å². The van der Waals surface area contributed by atoms with Crippen molar-refractivity contribution >= 4 is 17.2 Å². The molecule has 10 heavy (non-hydrogen) atoms. The molecule has 0 radical (unpaired) electrons. The summed E-state index contributed by atoms with van der Waals surface area (Å²) in [7, 11) is 0. The highest BCUT2D eigenvalue weighted by Gasteiger charge is 2.04. The van der Waals surface area contributed by atoms with Gasteiger partial charge in [-0.25, -0.2) is 4.98 Å². The molecule has 0 saturated heterocycles. The number of carbonyl (C=O) groups is 1. The number of thiazole rings is 1. The second-order valence-corrected chi connectivity index (χ2v) is 2.63. The van der Waals surface area contributed by atoms with Crippen LogP contribution in [-0.2, 0) is 11.2 Å². The third-order valence-corrected chi connectivity index (χ3v) is 1.68. The van der Waals surface area contributed by atoms with Crippen molar-refractivity contribution in [2.24, 2.45) is 5.73 Å². The van der Waals surface area contributed by atoms with Crippen LogP contribution in [0.5, 0.6) is 0 Å². The molecule has 1 amide bonds. The van der Waals surface area contributed by atoms with Crippen LogP contribution in [0.4, 0.5) is 0 Å². The Bertz CT molecular complexity index is 199. The molecule has 3 N–H and O–H groups in total. The minimum atomic E-state index is -0.297. The molecule has 0 saturated carbocycles. The first-order valence-electron chi connectivity index (χ1n) is 2.51. The van der Waals surface area contributed by atoms with Crippen LogP contribution in [0.15, 0.2) is 11.6 Å². The molecule has 0 bridgehead atoms. The standard InChI is InChI=1S/C5H6N2OS.BrH/c6-4(8)3-5-7-1-2-9-5;/h1-2H,3H2,(H2,6,8);1H. The number of carbonyl (C=O) groups excluding carboxylic acids is 1. The van der Waals surface area contributed by atoms with E-state index < -0.39 is 0 Å². The SMILES string of the molecule is NC(=O)Cc1[nH+]ccs1.[Br-]. The van der Waals surface area contributed by atoms with Gasteiger partial charge in [-0.15, -0.1) is 0 Å². The van der Waals surface area contributed by atoms with Gasteiger partial charge >= 0.3 is 0 Å². The van der Waals surface area contributed by atoms with Crippen LogP contribution in [0, 0.1) is 0 Å². The van der Waals surface area contributed by atoms with Gasteiger partial charge < -0.3 is 22.7 Å². The van der Waals surface area contributed by atoms with Gasteiger partial charge in [-0.2, -0.15) is 0 Å². The maximum Gasteiger partial charge on any atom is 0.245 e. The molecule has 0 atom stereocenters. The lowest BCUT2D eigenvalue weighted by molar-refractivity contribution is -0.381. The van der Waals surface area contributed by atoms with Crippen LogP contribution >= 0.6 is 11.3 Å². The zero-order valence-corrected chi connectivity index (χ0v) is 7.54. The summed E-state index contributed by atoms with van der Waals surface area (Å²) in [6.45, 7) is 0. The van der Waals surface area contributed by atoms with E-state index in [0.717, 1.165) is 5.01 Å². The first-order chi connectivity index (χ1) is 4.29. The van der Waals surface area contributed by atoms with E-state index in [1.54, 1.807) is 6.20 Å². The number of nitrogens with one attached hydrogen (secondary N) is 1. The highest BCUT2D eigenvalue weighted by Crippen LogP contribution is 1.98. The lowest BCUT2D eigenvalue weighted by atomic mass is 10.4. The first kappa shape index (κ1) is 9.58. The summed E-state index contributed by atoms with van der Waals surface area (Å²) in [5, 5.41) is 2.78. The Morgan fingerprint density at radius 1 is 1.80 bits per heavy atom. The van der Waals surface area contributed by atoms with Crippen LogP contribution in [0.1, 0.15) is 5.01 Å². The van der Waals surface area contributed by atoms with Gasteiger partial charge in [0, 0.05) is 0 Å². The highest BCUT2D eigenvalue weighted by atomic mass is 79.9. The molecule has 5 heteroatoms. The highest BCUT2D eigenvalue weighted by molar-refractivity contribution is 7.09. The second kappa shape index (κ2) is 4.40. The molecular weight excluding hydrogens is 216 g/mol. The van der Waals surface area contributed by atoms with Gasteiger partial charge in [-0.3, -0.25) is 4.79 Å². The van der Waals surface area contributed by atoms with Gasteiger partial charge in [0.05, 0.1) is 5.38 Å². The van der Waals surface area contributed by atoms with E-state index in [1.165, 1.54) is 11.3 Å². The van der Waals surface area contributed by atoms with Gasteiger partial charge in [0.2, 0.25) is 10.9 Å². The van der Waals surface area contributed by atoms with Gasteiger partial charge in [0.15, 0.2) is 6.20 Å². The molecule has 0 unspecified atom stereocenters. The van der Waals surface area contributed by atoms with Crippen molar-refractivity contribution in [1.29, 1.82) is 0 Å².